The molecule has 0 fully saturated rings. The molecule has 2 heteroatoms. The summed E-state index contributed by atoms with van der Waals surface area (Å²) in [6.45, 7) is 4.72. The summed E-state index contributed by atoms with van der Waals surface area (Å²) in [5.74, 6) is 0. The van der Waals surface area contributed by atoms with Gasteiger partial charge in [0.15, 0.2) is 0 Å². The van der Waals surface area contributed by atoms with Crippen molar-refractivity contribution in [2.75, 3.05) is 4.90 Å². The lowest BCUT2D eigenvalue weighted by Gasteiger charge is -2.27. The van der Waals surface area contributed by atoms with Gasteiger partial charge in [0.25, 0.3) is 0 Å². The highest BCUT2D eigenvalue weighted by atomic mass is 16.3. The molecule has 0 bridgehead atoms. The first kappa shape index (κ1) is 25.9. The second-order valence-corrected chi connectivity index (χ2v) is 12.6. The molecular weight excluding hydrogens is 546 g/mol. The maximum absolute atomic E-state index is 6.36. The van der Waals surface area contributed by atoms with Gasteiger partial charge >= 0.3 is 0 Å². The summed E-state index contributed by atoms with van der Waals surface area (Å²) >= 11 is 0. The van der Waals surface area contributed by atoms with Crippen LogP contribution in [0.1, 0.15) is 25.0 Å². The topological polar surface area (TPSA) is 16.4 Å². The zero-order valence-corrected chi connectivity index (χ0v) is 25.3. The van der Waals surface area contributed by atoms with E-state index in [2.05, 4.69) is 158 Å². The first-order valence-electron chi connectivity index (χ1n) is 15.6. The smallest absolute Gasteiger partial charge is 0.137 e. The number of hydrogen-bond donors (Lipinski definition) is 0. The number of anilines is 3. The average Bonchev–Trinajstić information content (AvgIpc) is 3.57. The van der Waals surface area contributed by atoms with Crippen LogP contribution in [-0.4, -0.2) is 0 Å². The van der Waals surface area contributed by atoms with Gasteiger partial charge in [-0.15, -0.1) is 0 Å². The number of furan rings is 1. The quantitative estimate of drug-likeness (QED) is 0.207. The van der Waals surface area contributed by atoms with Crippen molar-refractivity contribution < 1.29 is 4.42 Å². The summed E-state index contributed by atoms with van der Waals surface area (Å²) in [7, 11) is 0. The molecule has 8 aromatic rings. The Kier molecular flexibility index (Phi) is 5.58. The summed E-state index contributed by atoms with van der Waals surface area (Å²) in [5, 5.41) is 4.82. The van der Waals surface area contributed by atoms with Gasteiger partial charge in [-0.05, 0) is 86.6 Å². The van der Waals surface area contributed by atoms with Gasteiger partial charge in [-0.3, -0.25) is 0 Å². The van der Waals surface area contributed by atoms with E-state index in [1.165, 1.54) is 44.2 Å². The molecule has 0 atom stereocenters. The molecule has 7 aromatic carbocycles. The number of fused-ring (bicyclic) bond motifs is 8. The zero-order valence-electron chi connectivity index (χ0n) is 25.3. The molecule has 0 saturated carbocycles. The summed E-state index contributed by atoms with van der Waals surface area (Å²) < 4.78 is 6.36. The van der Waals surface area contributed by atoms with E-state index in [9.17, 15) is 0 Å². The fourth-order valence-electron chi connectivity index (χ4n) is 7.48. The maximum Gasteiger partial charge on any atom is 0.137 e. The molecule has 0 saturated heterocycles. The molecular formula is C43H31NO. The van der Waals surface area contributed by atoms with Crippen molar-refractivity contribution in [3.8, 4) is 22.3 Å². The third-order valence-corrected chi connectivity index (χ3v) is 9.63. The molecule has 45 heavy (non-hydrogen) atoms. The van der Waals surface area contributed by atoms with Crippen LogP contribution in [0.15, 0.2) is 156 Å². The SMILES string of the molecule is CC1(C)c2ccccc2-c2ccc3ccc(N(c4ccc(-c5ccccc5)cc4)c4ccc5c(c4)oc4ccccc45)cc3c21. The summed E-state index contributed by atoms with van der Waals surface area (Å²) in [6, 6.07) is 54.7. The van der Waals surface area contributed by atoms with Gasteiger partial charge in [0, 0.05) is 39.3 Å². The Bertz CT molecular complexity index is 2400. The standard InChI is InChI=1S/C43H31NO/c1-43(2)39-14-8-6-12-34(39)37-24-19-30-18-22-32(26-38(30)42(37)43)44(31-20-16-29(17-21-31)28-10-4-3-5-11-28)33-23-25-36-35-13-7-9-15-40(35)45-41(36)27-33/h3-27H,1-2H3. The molecule has 1 heterocycles. The number of para-hydroxylation sites is 1. The lowest BCUT2D eigenvalue weighted by molar-refractivity contribution is 0.666. The van der Waals surface area contributed by atoms with E-state index < -0.39 is 0 Å². The van der Waals surface area contributed by atoms with E-state index >= 15 is 0 Å². The minimum atomic E-state index is -0.0978. The third-order valence-electron chi connectivity index (χ3n) is 9.63. The van der Waals surface area contributed by atoms with Crippen molar-refractivity contribution in [2.24, 2.45) is 0 Å². The highest BCUT2D eigenvalue weighted by molar-refractivity contribution is 6.06. The van der Waals surface area contributed by atoms with E-state index in [-0.39, 0.29) is 5.41 Å². The monoisotopic (exact) mass is 577 g/mol. The van der Waals surface area contributed by atoms with Gasteiger partial charge in [0.2, 0.25) is 0 Å². The number of rotatable bonds is 4. The second-order valence-electron chi connectivity index (χ2n) is 12.6. The molecule has 0 radical (unpaired) electrons. The lowest BCUT2D eigenvalue weighted by Crippen LogP contribution is -2.16. The third kappa shape index (κ3) is 3.96. The number of benzene rings is 7. The van der Waals surface area contributed by atoms with E-state index in [1.54, 1.807) is 0 Å². The van der Waals surface area contributed by atoms with Gasteiger partial charge in [0.1, 0.15) is 11.2 Å². The normalized spacial score (nSPS) is 13.3. The fraction of sp³-hybridized carbons (Fsp3) is 0.0698. The van der Waals surface area contributed by atoms with Gasteiger partial charge < -0.3 is 9.32 Å². The molecule has 214 valence electrons. The van der Waals surface area contributed by atoms with Crippen LogP contribution in [0.3, 0.4) is 0 Å². The molecule has 9 rings (SSSR count). The van der Waals surface area contributed by atoms with Gasteiger partial charge in [-0.1, -0.05) is 117 Å². The predicted molar refractivity (Wildman–Crippen MR) is 189 cm³/mol. The number of nitrogens with zero attached hydrogens (tertiary/aromatic N) is 1. The minimum absolute atomic E-state index is 0.0978. The van der Waals surface area contributed by atoms with Crippen LogP contribution in [0.5, 0.6) is 0 Å². The molecule has 1 aromatic heterocycles. The maximum atomic E-state index is 6.36. The Hall–Kier alpha value is -5.60. The van der Waals surface area contributed by atoms with Crippen LogP contribution < -0.4 is 4.90 Å². The second kappa shape index (κ2) is 9.70. The van der Waals surface area contributed by atoms with Crippen molar-refractivity contribution in [2.45, 2.75) is 19.3 Å². The Morgan fingerprint density at radius 3 is 1.98 bits per heavy atom. The first-order chi connectivity index (χ1) is 22.1. The molecule has 0 N–H and O–H groups in total. The molecule has 0 spiro atoms. The van der Waals surface area contributed by atoms with Crippen molar-refractivity contribution in [3.63, 3.8) is 0 Å². The minimum Gasteiger partial charge on any atom is -0.456 e. The predicted octanol–water partition coefficient (Wildman–Crippen LogP) is 12.2. The van der Waals surface area contributed by atoms with E-state index in [4.69, 9.17) is 4.42 Å². The Balaban J connectivity index is 1.25. The molecule has 2 nitrogen and oxygen atoms in total. The van der Waals surface area contributed by atoms with Crippen LogP contribution in [0.2, 0.25) is 0 Å². The number of hydrogen-bond acceptors (Lipinski definition) is 2. The Labute approximate surface area is 262 Å². The van der Waals surface area contributed by atoms with Crippen LogP contribution in [-0.2, 0) is 5.41 Å². The molecule has 0 aliphatic heterocycles. The van der Waals surface area contributed by atoms with Crippen LogP contribution in [0.25, 0.3) is 55.0 Å². The summed E-state index contributed by atoms with van der Waals surface area (Å²) in [4.78, 5) is 2.36. The summed E-state index contributed by atoms with van der Waals surface area (Å²) in [6.07, 6.45) is 0. The molecule has 1 aliphatic rings. The van der Waals surface area contributed by atoms with Crippen molar-refractivity contribution >= 4 is 49.8 Å². The highest BCUT2D eigenvalue weighted by Crippen LogP contribution is 2.52. The van der Waals surface area contributed by atoms with Crippen molar-refractivity contribution in [1.29, 1.82) is 0 Å². The van der Waals surface area contributed by atoms with Crippen molar-refractivity contribution in [1.82, 2.24) is 0 Å². The van der Waals surface area contributed by atoms with Crippen molar-refractivity contribution in [3.05, 3.63) is 163 Å². The largest absolute Gasteiger partial charge is 0.456 e. The van der Waals surface area contributed by atoms with Crippen LogP contribution in [0, 0.1) is 0 Å². The summed E-state index contributed by atoms with van der Waals surface area (Å²) in [5.41, 5.74) is 12.8. The Morgan fingerprint density at radius 1 is 0.467 bits per heavy atom. The lowest BCUT2D eigenvalue weighted by atomic mass is 9.80. The van der Waals surface area contributed by atoms with Crippen LogP contribution >= 0.6 is 0 Å². The van der Waals surface area contributed by atoms with E-state index in [1.807, 2.05) is 12.1 Å². The van der Waals surface area contributed by atoms with E-state index in [0.717, 1.165) is 39.0 Å². The zero-order chi connectivity index (χ0) is 30.1. The molecule has 0 unspecified atom stereocenters. The fourth-order valence-corrected chi connectivity index (χ4v) is 7.48. The van der Waals surface area contributed by atoms with Gasteiger partial charge in [-0.25, -0.2) is 0 Å². The first-order valence-corrected chi connectivity index (χ1v) is 15.6. The molecule has 0 amide bonds. The highest BCUT2D eigenvalue weighted by Gasteiger charge is 2.36. The van der Waals surface area contributed by atoms with Crippen LogP contribution in [0.4, 0.5) is 17.1 Å². The van der Waals surface area contributed by atoms with Gasteiger partial charge in [-0.2, -0.15) is 0 Å². The average molecular weight is 578 g/mol. The molecule has 1 aliphatic carbocycles. The van der Waals surface area contributed by atoms with Gasteiger partial charge in [0.05, 0.1) is 0 Å². The Morgan fingerprint density at radius 2 is 1.11 bits per heavy atom. The van der Waals surface area contributed by atoms with E-state index in [0.29, 0.717) is 0 Å².